The highest BCUT2D eigenvalue weighted by atomic mass is 16.5. The van der Waals surface area contributed by atoms with E-state index < -0.39 is 0 Å². The van der Waals surface area contributed by atoms with Gasteiger partial charge in [-0.1, -0.05) is 19.4 Å². The predicted molar refractivity (Wildman–Crippen MR) is 52.8 cm³/mol. The van der Waals surface area contributed by atoms with Crippen LogP contribution < -0.4 is 10.5 Å². The summed E-state index contributed by atoms with van der Waals surface area (Å²) in [6.45, 7) is 3.21. The molecule has 0 aliphatic rings. The largest absolute Gasteiger partial charge is 0.476 e. The number of ether oxygens (including phenoxy) is 1. The second-order valence-corrected chi connectivity index (χ2v) is 2.89. The fourth-order valence-corrected chi connectivity index (χ4v) is 1.10. The van der Waals surface area contributed by atoms with E-state index in [-0.39, 0.29) is 0 Å². The summed E-state index contributed by atoms with van der Waals surface area (Å²) in [6.07, 6.45) is 4.07. The summed E-state index contributed by atoms with van der Waals surface area (Å²) in [7, 11) is 0. The third-order valence-electron chi connectivity index (χ3n) is 1.70. The van der Waals surface area contributed by atoms with Crippen molar-refractivity contribution >= 4 is 0 Å². The number of aryl methyl sites for hydroxylation is 1. The van der Waals surface area contributed by atoms with Gasteiger partial charge in [-0.15, -0.1) is 0 Å². The van der Waals surface area contributed by atoms with Crippen LogP contribution in [0, 0.1) is 0 Å². The van der Waals surface area contributed by atoms with Gasteiger partial charge in [0.25, 0.3) is 0 Å². The number of rotatable bonds is 5. The Morgan fingerprint density at radius 2 is 2.31 bits per heavy atom. The highest BCUT2D eigenvalue weighted by Crippen LogP contribution is 2.08. The Kier molecular flexibility index (Phi) is 4.26. The van der Waals surface area contributed by atoms with E-state index in [1.165, 1.54) is 5.56 Å². The van der Waals surface area contributed by atoms with Crippen LogP contribution in [-0.4, -0.2) is 18.1 Å². The van der Waals surface area contributed by atoms with Crippen LogP contribution in [0.25, 0.3) is 0 Å². The van der Waals surface area contributed by atoms with E-state index in [2.05, 4.69) is 11.9 Å². The molecular formula is C10H16N2O. The Labute approximate surface area is 78.9 Å². The van der Waals surface area contributed by atoms with Crippen molar-refractivity contribution in [3.63, 3.8) is 0 Å². The highest BCUT2D eigenvalue weighted by molar-refractivity contribution is 5.17. The van der Waals surface area contributed by atoms with Gasteiger partial charge in [0.2, 0.25) is 5.88 Å². The molecule has 13 heavy (non-hydrogen) atoms. The molecule has 0 fully saturated rings. The van der Waals surface area contributed by atoms with Crippen molar-refractivity contribution in [2.75, 3.05) is 13.2 Å². The van der Waals surface area contributed by atoms with Gasteiger partial charge >= 0.3 is 0 Å². The number of hydrogen-bond donors (Lipinski definition) is 1. The van der Waals surface area contributed by atoms with Crippen LogP contribution >= 0.6 is 0 Å². The van der Waals surface area contributed by atoms with Gasteiger partial charge in [-0.05, 0) is 12.0 Å². The summed E-state index contributed by atoms with van der Waals surface area (Å²) in [5, 5.41) is 0. The van der Waals surface area contributed by atoms with E-state index >= 15 is 0 Å². The molecule has 0 radical (unpaired) electrons. The van der Waals surface area contributed by atoms with Crippen molar-refractivity contribution < 1.29 is 4.74 Å². The van der Waals surface area contributed by atoms with Crippen molar-refractivity contribution in [3.05, 3.63) is 23.9 Å². The van der Waals surface area contributed by atoms with Crippen LogP contribution in [0.5, 0.6) is 5.88 Å². The molecule has 72 valence electrons. The molecule has 0 aromatic carbocycles. The maximum atomic E-state index is 5.30. The van der Waals surface area contributed by atoms with Crippen LogP contribution in [0.2, 0.25) is 0 Å². The van der Waals surface area contributed by atoms with E-state index in [1.807, 2.05) is 18.3 Å². The van der Waals surface area contributed by atoms with Crippen molar-refractivity contribution in [3.8, 4) is 5.88 Å². The second kappa shape index (κ2) is 5.54. The first kappa shape index (κ1) is 9.99. The summed E-state index contributed by atoms with van der Waals surface area (Å²) in [5.74, 6) is 0.658. The molecular weight excluding hydrogens is 164 g/mol. The lowest BCUT2D eigenvalue weighted by Crippen LogP contribution is -2.11. The van der Waals surface area contributed by atoms with Gasteiger partial charge in [0.05, 0.1) is 0 Å². The smallest absolute Gasteiger partial charge is 0.213 e. The molecule has 2 N–H and O–H groups in total. The van der Waals surface area contributed by atoms with Crippen molar-refractivity contribution in [2.24, 2.45) is 5.73 Å². The van der Waals surface area contributed by atoms with Gasteiger partial charge < -0.3 is 10.5 Å². The highest BCUT2D eigenvalue weighted by Gasteiger charge is 1.95. The summed E-state index contributed by atoms with van der Waals surface area (Å²) in [5.41, 5.74) is 6.55. The van der Waals surface area contributed by atoms with E-state index in [0.717, 1.165) is 12.8 Å². The summed E-state index contributed by atoms with van der Waals surface area (Å²) >= 11 is 0. The minimum atomic E-state index is 0.526. The van der Waals surface area contributed by atoms with Gasteiger partial charge in [-0.25, -0.2) is 4.98 Å². The van der Waals surface area contributed by atoms with Gasteiger partial charge in [-0.3, -0.25) is 0 Å². The predicted octanol–water partition coefficient (Wildman–Crippen LogP) is 1.37. The first-order valence-corrected chi connectivity index (χ1v) is 4.64. The summed E-state index contributed by atoms with van der Waals surface area (Å²) < 4.78 is 5.25. The Morgan fingerprint density at radius 1 is 1.46 bits per heavy atom. The summed E-state index contributed by atoms with van der Waals surface area (Å²) in [6, 6.07) is 3.93. The monoisotopic (exact) mass is 180 g/mol. The second-order valence-electron chi connectivity index (χ2n) is 2.89. The molecule has 1 aromatic heterocycles. The molecule has 0 aliphatic carbocycles. The molecule has 0 bridgehead atoms. The van der Waals surface area contributed by atoms with Crippen molar-refractivity contribution in [1.29, 1.82) is 0 Å². The van der Waals surface area contributed by atoms with Crippen LogP contribution in [0.15, 0.2) is 18.3 Å². The quantitative estimate of drug-likeness (QED) is 0.744. The van der Waals surface area contributed by atoms with Crippen LogP contribution in [0.3, 0.4) is 0 Å². The molecule has 0 unspecified atom stereocenters. The first-order valence-electron chi connectivity index (χ1n) is 4.64. The molecule has 0 aliphatic heterocycles. The molecule has 3 nitrogen and oxygen atoms in total. The zero-order chi connectivity index (χ0) is 9.52. The van der Waals surface area contributed by atoms with E-state index in [4.69, 9.17) is 10.5 Å². The number of pyridine rings is 1. The third kappa shape index (κ3) is 3.42. The van der Waals surface area contributed by atoms with Crippen LogP contribution in [-0.2, 0) is 6.42 Å². The van der Waals surface area contributed by atoms with Gasteiger partial charge in [-0.2, -0.15) is 0 Å². The number of nitrogens with two attached hydrogens (primary N) is 1. The van der Waals surface area contributed by atoms with Crippen LogP contribution in [0.4, 0.5) is 0 Å². The fourth-order valence-electron chi connectivity index (χ4n) is 1.10. The molecule has 0 amide bonds. The number of aromatic nitrogens is 1. The Hall–Kier alpha value is -1.09. The van der Waals surface area contributed by atoms with Gasteiger partial charge in [0.1, 0.15) is 6.61 Å². The Morgan fingerprint density at radius 3 is 2.85 bits per heavy atom. The average molecular weight is 180 g/mol. The molecule has 0 saturated heterocycles. The fraction of sp³-hybridized carbons (Fsp3) is 0.500. The maximum absolute atomic E-state index is 5.30. The molecule has 1 heterocycles. The number of hydrogen-bond acceptors (Lipinski definition) is 3. The molecule has 0 spiro atoms. The zero-order valence-corrected chi connectivity index (χ0v) is 7.99. The maximum Gasteiger partial charge on any atom is 0.213 e. The molecule has 3 heteroatoms. The number of nitrogens with zero attached hydrogens (tertiary/aromatic N) is 1. The third-order valence-corrected chi connectivity index (χ3v) is 1.70. The van der Waals surface area contributed by atoms with Crippen molar-refractivity contribution in [2.45, 2.75) is 19.8 Å². The first-order chi connectivity index (χ1) is 6.36. The topological polar surface area (TPSA) is 48.1 Å². The van der Waals surface area contributed by atoms with E-state index in [1.54, 1.807) is 0 Å². The molecule has 1 rings (SSSR count). The minimum absolute atomic E-state index is 0.526. The minimum Gasteiger partial charge on any atom is -0.476 e. The zero-order valence-electron chi connectivity index (χ0n) is 7.99. The molecule has 0 atom stereocenters. The molecule has 0 saturated carbocycles. The average Bonchev–Trinajstić information content (AvgIpc) is 2.17. The Balaban J connectivity index is 2.48. The van der Waals surface area contributed by atoms with E-state index in [9.17, 15) is 0 Å². The molecule has 1 aromatic rings. The van der Waals surface area contributed by atoms with Crippen molar-refractivity contribution in [1.82, 2.24) is 4.98 Å². The lowest BCUT2D eigenvalue weighted by atomic mass is 10.2. The van der Waals surface area contributed by atoms with Gasteiger partial charge in [0, 0.05) is 18.8 Å². The standard InChI is InChI=1S/C10H16N2O/c1-2-3-9-4-5-10(12-8-9)13-7-6-11/h4-5,8H,2-3,6-7,11H2,1H3. The Bertz CT molecular complexity index is 233. The van der Waals surface area contributed by atoms with E-state index in [0.29, 0.717) is 19.0 Å². The lowest BCUT2D eigenvalue weighted by molar-refractivity contribution is 0.315. The van der Waals surface area contributed by atoms with Gasteiger partial charge in [0.15, 0.2) is 0 Å². The normalized spacial score (nSPS) is 10.0. The SMILES string of the molecule is CCCc1ccc(OCCN)nc1. The lowest BCUT2D eigenvalue weighted by Gasteiger charge is -2.03. The summed E-state index contributed by atoms with van der Waals surface area (Å²) in [4.78, 5) is 4.16. The van der Waals surface area contributed by atoms with Crippen LogP contribution in [0.1, 0.15) is 18.9 Å².